The molecule has 1 fully saturated rings. The van der Waals surface area contributed by atoms with Gasteiger partial charge < -0.3 is 14.1 Å². The van der Waals surface area contributed by atoms with E-state index in [1.54, 1.807) is 16.7 Å². The summed E-state index contributed by atoms with van der Waals surface area (Å²) in [6.07, 6.45) is 7.23. The molecule has 1 aliphatic rings. The van der Waals surface area contributed by atoms with Gasteiger partial charge in [-0.15, -0.1) is 10.2 Å². The molecular weight excluding hydrogens is 376 g/mol. The molecule has 2 aromatic rings. The number of thioether (sulfide) groups is 1. The first kappa shape index (κ1) is 20.6. The second-order valence-corrected chi connectivity index (χ2v) is 9.03. The lowest BCUT2D eigenvalue weighted by atomic mass is 9.98. The number of nitrogens with zero attached hydrogens (tertiary/aromatic N) is 4. The van der Waals surface area contributed by atoms with E-state index in [9.17, 15) is 4.79 Å². The zero-order valence-electron chi connectivity index (χ0n) is 16.8. The van der Waals surface area contributed by atoms with Crippen LogP contribution in [-0.4, -0.2) is 50.6 Å². The number of carbonyl (C=O) groups is 1. The van der Waals surface area contributed by atoms with Crippen LogP contribution in [0.15, 0.2) is 34.2 Å². The minimum absolute atomic E-state index is 0.0694. The van der Waals surface area contributed by atoms with Crippen molar-refractivity contribution in [1.29, 1.82) is 0 Å². The minimum Gasteiger partial charge on any atom is -0.444 e. The molecule has 28 heavy (non-hydrogen) atoms. The summed E-state index contributed by atoms with van der Waals surface area (Å²) in [7, 11) is 0. The Balaban J connectivity index is 1.47. The van der Waals surface area contributed by atoms with Gasteiger partial charge in [-0.25, -0.2) is 4.79 Å². The van der Waals surface area contributed by atoms with Gasteiger partial charge in [0.1, 0.15) is 5.60 Å². The van der Waals surface area contributed by atoms with E-state index in [4.69, 9.17) is 9.15 Å². The summed E-state index contributed by atoms with van der Waals surface area (Å²) in [4.78, 5) is 18.1. The van der Waals surface area contributed by atoms with Gasteiger partial charge in [0, 0.05) is 31.2 Å². The van der Waals surface area contributed by atoms with Crippen molar-refractivity contribution in [3.05, 3.63) is 36.0 Å². The highest BCUT2D eigenvalue weighted by Crippen LogP contribution is 2.29. The molecule has 8 heteroatoms. The number of amides is 1. The largest absolute Gasteiger partial charge is 0.444 e. The number of hydrogen-bond donors (Lipinski definition) is 0. The molecule has 0 aromatic carbocycles. The van der Waals surface area contributed by atoms with E-state index in [-0.39, 0.29) is 12.0 Å². The molecule has 152 valence electrons. The number of likely N-dealkylation sites (tertiary alicyclic amines) is 1. The topological polar surface area (TPSA) is 81.4 Å². The van der Waals surface area contributed by atoms with Gasteiger partial charge >= 0.3 is 6.09 Å². The summed E-state index contributed by atoms with van der Waals surface area (Å²) in [5.74, 6) is 1.60. The molecule has 0 saturated carbocycles. The molecule has 0 aliphatic carbocycles. The standard InChI is InChI=1S/C20H28N4O3S/c1-20(2,3)27-19(25)24-12-4-7-16(14-24)17-22-23-18(26-17)28-13-5-6-15-8-10-21-11-9-15/h8-11,16H,4-7,12-14H2,1-3H3. The first-order valence-electron chi connectivity index (χ1n) is 9.74. The van der Waals surface area contributed by atoms with E-state index in [0.29, 0.717) is 24.2 Å². The zero-order valence-corrected chi connectivity index (χ0v) is 17.6. The fourth-order valence-corrected chi connectivity index (χ4v) is 3.81. The van der Waals surface area contributed by atoms with Crippen molar-refractivity contribution in [3.63, 3.8) is 0 Å². The van der Waals surface area contributed by atoms with E-state index in [1.165, 1.54) is 5.56 Å². The number of piperidine rings is 1. The van der Waals surface area contributed by atoms with Crippen LogP contribution < -0.4 is 0 Å². The van der Waals surface area contributed by atoms with Gasteiger partial charge in [0.25, 0.3) is 5.22 Å². The van der Waals surface area contributed by atoms with Gasteiger partial charge in [-0.2, -0.15) is 0 Å². The lowest BCUT2D eigenvalue weighted by molar-refractivity contribution is 0.0189. The molecule has 3 heterocycles. The predicted octanol–water partition coefficient (Wildman–Crippen LogP) is 4.30. The average molecular weight is 405 g/mol. The Bertz CT molecular complexity index is 760. The van der Waals surface area contributed by atoms with Crippen molar-refractivity contribution in [3.8, 4) is 0 Å². The van der Waals surface area contributed by atoms with Crippen LogP contribution in [0.4, 0.5) is 4.79 Å². The van der Waals surface area contributed by atoms with Crippen LogP contribution >= 0.6 is 11.8 Å². The quantitative estimate of drug-likeness (QED) is 0.524. The molecule has 1 atom stereocenters. The monoisotopic (exact) mass is 404 g/mol. The van der Waals surface area contributed by atoms with Crippen LogP contribution in [0.2, 0.25) is 0 Å². The van der Waals surface area contributed by atoms with Crippen LogP contribution in [0.3, 0.4) is 0 Å². The van der Waals surface area contributed by atoms with Crippen molar-refractivity contribution in [1.82, 2.24) is 20.1 Å². The van der Waals surface area contributed by atoms with Crippen LogP contribution in [0.1, 0.15) is 57.4 Å². The van der Waals surface area contributed by atoms with Gasteiger partial charge in [0.15, 0.2) is 0 Å². The average Bonchev–Trinajstić information content (AvgIpc) is 3.14. The van der Waals surface area contributed by atoms with E-state index >= 15 is 0 Å². The normalized spacial score (nSPS) is 17.5. The Kier molecular flexibility index (Phi) is 6.93. The number of pyridine rings is 1. The summed E-state index contributed by atoms with van der Waals surface area (Å²) in [6.45, 7) is 6.90. The molecule has 0 bridgehead atoms. The molecular formula is C20H28N4O3S. The number of aryl methyl sites for hydroxylation is 1. The Morgan fingerprint density at radius 1 is 1.32 bits per heavy atom. The number of carbonyl (C=O) groups excluding carboxylic acids is 1. The molecule has 0 spiro atoms. The van der Waals surface area contributed by atoms with Gasteiger partial charge in [0.2, 0.25) is 5.89 Å². The highest BCUT2D eigenvalue weighted by atomic mass is 32.2. The lowest BCUT2D eigenvalue weighted by Crippen LogP contribution is -2.42. The van der Waals surface area contributed by atoms with Gasteiger partial charge in [-0.1, -0.05) is 11.8 Å². The second-order valence-electron chi connectivity index (χ2n) is 7.98. The van der Waals surface area contributed by atoms with Crippen molar-refractivity contribution < 1.29 is 13.9 Å². The van der Waals surface area contributed by atoms with Gasteiger partial charge in [0.05, 0.1) is 5.92 Å². The van der Waals surface area contributed by atoms with Crippen molar-refractivity contribution >= 4 is 17.9 Å². The Labute approximate surface area is 170 Å². The summed E-state index contributed by atoms with van der Waals surface area (Å²) in [5.41, 5.74) is 0.792. The third-order valence-corrected chi connectivity index (χ3v) is 5.33. The maximum Gasteiger partial charge on any atom is 0.410 e. The summed E-state index contributed by atoms with van der Waals surface area (Å²) in [5, 5.41) is 8.98. The molecule has 0 N–H and O–H groups in total. The smallest absolute Gasteiger partial charge is 0.410 e. The van der Waals surface area contributed by atoms with E-state index in [2.05, 4.69) is 15.2 Å². The van der Waals surface area contributed by atoms with Crippen LogP contribution in [-0.2, 0) is 11.2 Å². The summed E-state index contributed by atoms with van der Waals surface area (Å²) in [6, 6.07) is 4.07. The van der Waals surface area contributed by atoms with Crippen LogP contribution in [0.25, 0.3) is 0 Å². The fourth-order valence-electron chi connectivity index (χ4n) is 3.10. The predicted molar refractivity (Wildman–Crippen MR) is 107 cm³/mol. The molecule has 1 aliphatic heterocycles. The first-order chi connectivity index (χ1) is 13.4. The maximum atomic E-state index is 12.3. The molecule has 1 unspecified atom stereocenters. The summed E-state index contributed by atoms with van der Waals surface area (Å²) >= 11 is 1.58. The third-order valence-electron chi connectivity index (χ3n) is 4.43. The van der Waals surface area contributed by atoms with Crippen molar-refractivity contribution in [2.24, 2.45) is 0 Å². The molecule has 2 aromatic heterocycles. The SMILES string of the molecule is CC(C)(C)OC(=O)N1CCCC(c2nnc(SCCCc3ccncc3)o2)C1. The number of hydrogen-bond acceptors (Lipinski definition) is 7. The van der Waals surface area contributed by atoms with Crippen LogP contribution in [0, 0.1) is 0 Å². The second kappa shape index (κ2) is 9.41. The lowest BCUT2D eigenvalue weighted by Gasteiger charge is -2.32. The number of ether oxygens (including phenoxy) is 1. The molecule has 1 amide bonds. The highest BCUT2D eigenvalue weighted by molar-refractivity contribution is 7.99. The Hall–Kier alpha value is -2.09. The van der Waals surface area contributed by atoms with Gasteiger partial charge in [-0.05, 0) is 64.2 Å². The van der Waals surface area contributed by atoms with E-state index in [0.717, 1.165) is 31.4 Å². The Morgan fingerprint density at radius 2 is 2.11 bits per heavy atom. The van der Waals surface area contributed by atoms with Crippen LogP contribution in [0.5, 0.6) is 0 Å². The van der Waals surface area contributed by atoms with Gasteiger partial charge in [-0.3, -0.25) is 4.98 Å². The Morgan fingerprint density at radius 3 is 2.86 bits per heavy atom. The number of rotatable bonds is 6. The van der Waals surface area contributed by atoms with E-state index < -0.39 is 5.60 Å². The molecule has 7 nitrogen and oxygen atoms in total. The van der Waals surface area contributed by atoms with Crippen molar-refractivity contribution in [2.75, 3.05) is 18.8 Å². The number of aromatic nitrogens is 3. The zero-order chi connectivity index (χ0) is 20.0. The molecule has 3 rings (SSSR count). The minimum atomic E-state index is -0.491. The first-order valence-corrected chi connectivity index (χ1v) is 10.7. The third kappa shape index (κ3) is 6.22. The maximum absolute atomic E-state index is 12.3. The summed E-state index contributed by atoms with van der Waals surface area (Å²) < 4.78 is 11.3. The highest BCUT2D eigenvalue weighted by Gasteiger charge is 2.31. The molecule has 0 radical (unpaired) electrons. The van der Waals surface area contributed by atoms with Crippen molar-refractivity contribution in [2.45, 2.75) is 63.2 Å². The fraction of sp³-hybridized carbons (Fsp3) is 0.600. The molecule has 1 saturated heterocycles. The van der Waals surface area contributed by atoms with E-state index in [1.807, 2.05) is 45.3 Å².